The molecule has 2 aliphatic heterocycles. The highest BCUT2D eigenvalue weighted by atomic mass is 19.4. The Morgan fingerprint density at radius 3 is 2.39 bits per heavy atom. The van der Waals surface area contributed by atoms with Crippen LogP contribution >= 0.6 is 0 Å². The number of benzene rings is 3. The van der Waals surface area contributed by atoms with Crippen LogP contribution in [0.25, 0.3) is 0 Å². The molecule has 12 heteroatoms. The average molecular weight is 569 g/mol. The van der Waals surface area contributed by atoms with Crippen molar-refractivity contribution in [1.29, 1.82) is 0 Å². The number of methoxy groups -OCH3 is 1. The Morgan fingerprint density at radius 1 is 1.00 bits per heavy atom. The Labute approximate surface area is 232 Å². The summed E-state index contributed by atoms with van der Waals surface area (Å²) in [6, 6.07) is 13.5. The van der Waals surface area contributed by atoms with Gasteiger partial charge in [-0.05, 0) is 72.8 Å². The van der Waals surface area contributed by atoms with E-state index in [9.17, 15) is 22.4 Å². The smallest absolute Gasteiger partial charge is 0.420 e. The predicted molar refractivity (Wildman–Crippen MR) is 145 cm³/mol. The first-order valence-electron chi connectivity index (χ1n) is 12.4. The Kier molecular flexibility index (Phi) is 7.92. The van der Waals surface area contributed by atoms with E-state index in [0.29, 0.717) is 24.7 Å². The molecule has 3 aromatic rings. The van der Waals surface area contributed by atoms with Crippen molar-refractivity contribution in [2.24, 2.45) is 4.99 Å². The van der Waals surface area contributed by atoms with Gasteiger partial charge in [0.1, 0.15) is 47.3 Å². The molecule has 0 saturated heterocycles. The maximum Gasteiger partial charge on any atom is 0.420 e. The molecule has 0 aliphatic carbocycles. The fourth-order valence-electron chi connectivity index (χ4n) is 4.24. The monoisotopic (exact) mass is 568 g/mol. The Bertz CT molecular complexity index is 1500. The highest BCUT2D eigenvalue weighted by molar-refractivity contribution is 6.03. The van der Waals surface area contributed by atoms with Gasteiger partial charge in [0.25, 0.3) is 0 Å². The first-order chi connectivity index (χ1) is 19.7. The van der Waals surface area contributed by atoms with Crippen molar-refractivity contribution in [2.75, 3.05) is 31.0 Å². The molecule has 0 spiro atoms. The van der Waals surface area contributed by atoms with Crippen LogP contribution in [0.2, 0.25) is 0 Å². The molecule has 0 bridgehead atoms. The lowest BCUT2D eigenvalue weighted by Crippen LogP contribution is -2.34. The normalized spacial score (nSPS) is 16.0. The number of nitrogens with one attached hydrogen (secondary N) is 2. The van der Waals surface area contributed by atoms with E-state index in [-0.39, 0.29) is 17.5 Å². The van der Waals surface area contributed by atoms with Crippen LogP contribution < -0.4 is 20.1 Å². The summed E-state index contributed by atoms with van der Waals surface area (Å²) >= 11 is 0. The van der Waals surface area contributed by atoms with Crippen molar-refractivity contribution in [3.05, 3.63) is 102 Å². The number of amides is 2. The summed E-state index contributed by atoms with van der Waals surface area (Å²) in [5.41, 5.74) is 0.123. The molecule has 0 aromatic heterocycles. The number of anilines is 2. The first kappa shape index (κ1) is 27.7. The van der Waals surface area contributed by atoms with E-state index in [4.69, 9.17) is 14.2 Å². The Balaban J connectivity index is 1.20. The summed E-state index contributed by atoms with van der Waals surface area (Å²) in [6.07, 6.45) is 0.422. The van der Waals surface area contributed by atoms with Crippen molar-refractivity contribution in [3.8, 4) is 17.2 Å². The Morgan fingerprint density at radius 2 is 1.68 bits per heavy atom. The number of fused-ring (bicyclic) bond motifs is 1. The van der Waals surface area contributed by atoms with Crippen molar-refractivity contribution in [2.45, 2.75) is 12.3 Å². The van der Waals surface area contributed by atoms with Crippen LogP contribution in [0.4, 0.5) is 33.7 Å². The van der Waals surface area contributed by atoms with Crippen LogP contribution in [0.1, 0.15) is 5.56 Å². The molecular formula is C29H24F4N4O4. The lowest BCUT2D eigenvalue weighted by atomic mass is 10.1. The lowest BCUT2D eigenvalue weighted by molar-refractivity contribution is -0.138. The van der Waals surface area contributed by atoms with E-state index in [1.807, 2.05) is 17.1 Å². The molecule has 2 N–H and O–H groups in total. The molecule has 1 atom stereocenters. The van der Waals surface area contributed by atoms with Gasteiger partial charge in [-0.3, -0.25) is 0 Å². The van der Waals surface area contributed by atoms with Crippen LogP contribution in [0.5, 0.6) is 17.2 Å². The van der Waals surface area contributed by atoms with Gasteiger partial charge < -0.3 is 29.7 Å². The maximum atomic E-state index is 13.7. The number of carbonyl (C=O) groups excluding carboxylic acids is 1. The van der Waals surface area contributed by atoms with Gasteiger partial charge in [-0.1, -0.05) is 6.08 Å². The topological polar surface area (TPSA) is 84.4 Å². The zero-order chi connectivity index (χ0) is 29.0. The van der Waals surface area contributed by atoms with Crippen molar-refractivity contribution in [1.82, 2.24) is 4.90 Å². The number of hydrogen-bond donors (Lipinski definition) is 2. The average Bonchev–Trinajstić information content (AvgIpc) is 3.35. The van der Waals surface area contributed by atoms with E-state index in [1.54, 1.807) is 37.6 Å². The molecule has 8 nitrogen and oxygen atoms in total. The molecule has 2 amide bonds. The molecule has 5 rings (SSSR count). The molecule has 212 valence electrons. The molecular weight excluding hydrogens is 544 g/mol. The fraction of sp³-hybridized carbons (Fsp3) is 0.172. The molecule has 41 heavy (non-hydrogen) atoms. The third-order valence-electron chi connectivity index (χ3n) is 6.10. The number of aliphatic imine (C=N–C) groups is 1. The van der Waals surface area contributed by atoms with Crippen LogP contribution in [0.15, 0.2) is 95.6 Å². The van der Waals surface area contributed by atoms with E-state index in [1.165, 1.54) is 18.2 Å². The van der Waals surface area contributed by atoms with Gasteiger partial charge in [-0.15, -0.1) is 0 Å². The van der Waals surface area contributed by atoms with Gasteiger partial charge >= 0.3 is 12.2 Å². The molecule has 2 aliphatic rings. The third-order valence-corrected chi connectivity index (χ3v) is 6.10. The molecule has 1 unspecified atom stereocenters. The molecule has 0 fully saturated rings. The van der Waals surface area contributed by atoms with Gasteiger partial charge in [-0.25, -0.2) is 14.2 Å². The van der Waals surface area contributed by atoms with E-state index >= 15 is 0 Å². The number of halogens is 4. The Hall–Kier alpha value is -4.84. The van der Waals surface area contributed by atoms with Gasteiger partial charge in [0.05, 0.1) is 0 Å². The van der Waals surface area contributed by atoms with E-state index in [2.05, 4.69) is 15.6 Å². The van der Waals surface area contributed by atoms with Gasteiger partial charge in [0.2, 0.25) is 0 Å². The van der Waals surface area contributed by atoms with Gasteiger partial charge in [0, 0.05) is 36.8 Å². The number of urea groups is 1. The predicted octanol–water partition coefficient (Wildman–Crippen LogP) is 6.80. The SMILES string of the molecule is COCN1CC=C2C1=NC=CC2Oc1ccc(NC(=O)Nc2ccc(Oc3ccc(F)cc3)c(C(F)(F)F)c2)cc1. The van der Waals surface area contributed by atoms with Crippen molar-refractivity contribution >= 4 is 23.2 Å². The molecule has 0 saturated carbocycles. The molecule has 2 heterocycles. The summed E-state index contributed by atoms with van der Waals surface area (Å²) in [7, 11) is 1.61. The minimum atomic E-state index is -4.77. The number of alkyl halides is 3. The second kappa shape index (κ2) is 11.7. The highest BCUT2D eigenvalue weighted by Gasteiger charge is 2.35. The molecule has 3 aromatic carbocycles. The zero-order valence-electron chi connectivity index (χ0n) is 21.6. The highest BCUT2D eigenvalue weighted by Crippen LogP contribution is 2.39. The minimum absolute atomic E-state index is 0.0314. The van der Waals surface area contributed by atoms with Gasteiger partial charge in [0.15, 0.2) is 0 Å². The van der Waals surface area contributed by atoms with Gasteiger partial charge in [-0.2, -0.15) is 13.2 Å². The van der Waals surface area contributed by atoms with Crippen LogP contribution in [0.3, 0.4) is 0 Å². The van der Waals surface area contributed by atoms with Crippen LogP contribution in [-0.4, -0.2) is 43.3 Å². The van der Waals surface area contributed by atoms with Crippen LogP contribution in [0, 0.1) is 5.82 Å². The second-order valence-corrected chi connectivity index (χ2v) is 9.00. The summed E-state index contributed by atoms with van der Waals surface area (Å²) in [4.78, 5) is 18.9. The summed E-state index contributed by atoms with van der Waals surface area (Å²) in [5, 5.41) is 4.97. The van der Waals surface area contributed by atoms with Crippen molar-refractivity contribution in [3.63, 3.8) is 0 Å². The quantitative estimate of drug-likeness (QED) is 0.292. The second-order valence-electron chi connectivity index (χ2n) is 9.00. The zero-order valence-corrected chi connectivity index (χ0v) is 21.6. The maximum absolute atomic E-state index is 13.7. The number of rotatable bonds is 8. The fourth-order valence-corrected chi connectivity index (χ4v) is 4.24. The minimum Gasteiger partial charge on any atom is -0.481 e. The number of hydrogen-bond acceptors (Lipinski definition) is 6. The van der Waals surface area contributed by atoms with Crippen LogP contribution in [-0.2, 0) is 10.9 Å². The number of amidine groups is 1. The standard InChI is InChI=1S/C29H24F4N4O4/c1-39-17-37-15-13-23-25(12-14-34-27(23)37)40-22-9-4-19(5-10-22)35-28(38)36-20-6-11-26(24(16-20)29(31,32)33)41-21-7-2-18(30)3-8-21/h2-14,16,25H,15,17H2,1H3,(H2,35,36,38). The van der Waals surface area contributed by atoms with E-state index < -0.39 is 29.3 Å². The molecule has 0 radical (unpaired) electrons. The summed E-state index contributed by atoms with van der Waals surface area (Å²) in [5.74, 6) is 0.329. The number of ether oxygens (including phenoxy) is 3. The largest absolute Gasteiger partial charge is 0.481 e. The van der Waals surface area contributed by atoms with Crippen molar-refractivity contribution < 1.29 is 36.6 Å². The summed E-state index contributed by atoms with van der Waals surface area (Å²) < 4.78 is 70.8. The number of carbonyl (C=O) groups is 1. The number of nitrogens with zero attached hydrogens (tertiary/aromatic N) is 2. The first-order valence-corrected chi connectivity index (χ1v) is 12.4. The summed E-state index contributed by atoms with van der Waals surface area (Å²) in [6.45, 7) is 1.07. The lowest BCUT2D eigenvalue weighted by Gasteiger charge is -2.24. The third kappa shape index (κ3) is 6.67. The van der Waals surface area contributed by atoms with E-state index in [0.717, 1.165) is 35.7 Å².